The van der Waals surface area contributed by atoms with Crippen LogP contribution in [0.4, 0.5) is 4.39 Å². The van der Waals surface area contributed by atoms with E-state index < -0.39 is 0 Å². The second-order valence-corrected chi connectivity index (χ2v) is 6.90. The first-order chi connectivity index (χ1) is 10.1. The SMILES string of the molecule is CCNC(CSc1cccc(Br)c1)c1ccc(C)c(F)c1. The van der Waals surface area contributed by atoms with Crippen molar-refractivity contribution in [3.63, 3.8) is 0 Å². The molecule has 112 valence electrons. The Labute approximate surface area is 138 Å². The van der Waals surface area contributed by atoms with Gasteiger partial charge in [-0.25, -0.2) is 4.39 Å². The fourth-order valence-corrected chi connectivity index (χ4v) is 3.69. The highest BCUT2D eigenvalue weighted by Gasteiger charge is 2.12. The summed E-state index contributed by atoms with van der Waals surface area (Å²) in [5.74, 6) is 0.732. The summed E-state index contributed by atoms with van der Waals surface area (Å²) in [6.07, 6.45) is 0. The molecule has 1 nitrogen and oxygen atoms in total. The first-order valence-corrected chi connectivity index (χ1v) is 8.76. The molecule has 0 amide bonds. The van der Waals surface area contributed by atoms with Gasteiger partial charge >= 0.3 is 0 Å². The number of halogens is 2. The van der Waals surface area contributed by atoms with Crippen molar-refractivity contribution < 1.29 is 4.39 Å². The third kappa shape index (κ3) is 4.83. The smallest absolute Gasteiger partial charge is 0.126 e. The molecule has 0 aliphatic carbocycles. The van der Waals surface area contributed by atoms with Crippen molar-refractivity contribution in [3.8, 4) is 0 Å². The highest BCUT2D eigenvalue weighted by atomic mass is 79.9. The van der Waals surface area contributed by atoms with Crippen LogP contribution in [0.15, 0.2) is 51.8 Å². The average Bonchev–Trinajstić information content (AvgIpc) is 2.46. The summed E-state index contributed by atoms with van der Waals surface area (Å²) in [6, 6.07) is 13.9. The summed E-state index contributed by atoms with van der Waals surface area (Å²) in [5, 5.41) is 3.43. The molecule has 0 aromatic heterocycles. The standard InChI is InChI=1S/C17H19BrFNS/c1-3-20-17(13-8-7-12(2)16(19)9-13)11-21-15-6-4-5-14(18)10-15/h4-10,17,20H,3,11H2,1-2H3. The van der Waals surface area contributed by atoms with Crippen molar-refractivity contribution >= 4 is 27.7 Å². The zero-order valence-electron chi connectivity index (χ0n) is 12.2. The van der Waals surface area contributed by atoms with Gasteiger partial charge in [-0.15, -0.1) is 11.8 Å². The number of aryl methyl sites for hydroxylation is 1. The van der Waals surface area contributed by atoms with Gasteiger partial charge in [0.1, 0.15) is 5.82 Å². The Morgan fingerprint density at radius 3 is 2.71 bits per heavy atom. The van der Waals surface area contributed by atoms with E-state index in [9.17, 15) is 4.39 Å². The molecule has 4 heteroatoms. The van der Waals surface area contributed by atoms with Crippen molar-refractivity contribution in [2.24, 2.45) is 0 Å². The van der Waals surface area contributed by atoms with Crippen LogP contribution in [-0.4, -0.2) is 12.3 Å². The van der Waals surface area contributed by atoms with Crippen molar-refractivity contribution in [1.82, 2.24) is 5.32 Å². The Hall–Kier alpha value is -0.840. The van der Waals surface area contributed by atoms with Gasteiger partial charge in [0.15, 0.2) is 0 Å². The molecule has 0 radical (unpaired) electrons. The third-order valence-corrected chi connectivity index (χ3v) is 4.84. The first kappa shape index (κ1) is 16.5. The van der Waals surface area contributed by atoms with Gasteiger partial charge in [0.2, 0.25) is 0 Å². The predicted octanol–water partition coefficient (Wildman–Crippen LogP) is 5.34. The van der Waals surface area contributed by atoms with E-state index in [4.69, 9.17) is 0 Å². The lowest BCUT2D eigenvalue weighted by Gasteiger charge is -2.18. The third-order valence-electron chi connectivity index (χ3n) is 3.26. The molecule has 21 heavy (non-hydrogen) atoms. The van der Waals surface area contributed by atoms with Crippen LogP contribution in [0, 0.1) is 12.7 Å². The van der Waals surface area contributed by atoms with Gasteiger partial charge < -0.3 is 5.32 Å². The number of hydrogen-bond acceptors (Lipinski definition) is 2. The van der Waals surface area contributed by atoms with Crippen LogP contribution in [0.2, 0.25) is 0 Å². The molecule has 0 heterocycles. The van der Waals surface area contributed by atoms with Gasteiger partial charge in [0, 0.05) is 21.2 Å². The van der Waals surface area contributed by atoms with E-state index in [1.807, 2.05) is 24.3 Å². The average molecular weight is 368 g/mol. The van der Waals surface area contributed by atoms with Crippen LogP contribution < -0.4 is 5.32 Å². The maximum atomic E-state index is 13.8. The van der Waals surface area contributed by atoms with Crippen LogP contribution in [0.5, 0.6) is 0 Å². The molecule has 0 saturated carbocycles. The minimum Gasteiger partial charge on any atom is -0.309 e. The Kier molecular flexibility index (Phi) is 6.27. The lowest BCUT2D eigenvalue weighted by atomic mass is 10.1. The van der Waals surface area contributed by atoms with E-state index >= 15 is 0 Å². The summed E-state index contributed by atoms with van der Waals surface area (Å²) in [6.45, 7) is 4.72. The molecule has 0 bridgehead atoms. The van der Waals surface area contributed by atoms with Crippen molar-refractivity contribution in [2.75, 3.05) is 12.3 Å². The lowest BCUT2D eigenvalue weighted by molar-refractivity contribution is 0.585. The van der Waals surface area contributed by atoms with Gasteiger partial charge in [-0.3, -0.25) is 0 Å². The van der Waals surface area contributed by atoms with Crippen LogP contribution >= 0.6 is 27.7 Å². The maximum Gasteiger partial charge on any atom is 0.126 e. The Bertz CT molecular complexity index is 603. The normalized spacial score (nSPS) is 12.4. The summed E-state index contributed by atoms with van der Waals surface area (Å²) in [4.78, 5) is 1.21. The van der Waals surface area contributed by atoms with E-state index in [-0.39, 0.29) is 11.9 Å². The van der Waals surface area contributed by atoms with Gasteiger partial charge in [0.05, 0.1) is 0 Å². The highest BCUT2D eigenvalue weighted by molar-refractivity contribution is 9.10. The number of rotatable bonds is 6. The van der Waals surface area contributed by atoms with Crippen molar-refractivity contribution in [2.45, 2.75) is 24.8 Å². The zero-order valence-corrected chi connectivity index (χ0v) is 14.6. The molecule has 1 atom stereocenters. The monoisotopic (exact) mass is 367 g/mol. The van der Waals surface area contributed by atoms with Gasteiger partial charge in [-0.2, -0.15) is 0 Å². The quantitative estimate of drug-likeness (QED) is 0.691. The number of benzene rings is 2. The summed E-state index contributed by atoms with van der Waals surface area (Å²) >= 11 is 5.26. The minimum absolute atomic E-state index is 0.136. The molecule has 2 aromatic carbocycles. The van der Waals surface area contributed by atoms with E-state index in [1.54, 1.807) is 24.8 Å². The Balaban J connectivity index is 2.09. The fraction of sp³-hybridized carbons (Fsp3) is 0.294. The van der Waals surface area contributed by atoms with E-state index in [1.165, 1.54) is 4.90 Å². The zero-order chi connectivity index (χ0) is 15.2. The molecule has 1 N–H and O–H groups in total. The Morgan fingerprint density at radius 2 is 2.05 bits per heavy atom. The van der Waals surface area contributed by atoms with Crippen LogP contribution in [0.1, 0.15) is 24.1 Å². The molecule has 2 rings (SSSR count). The Morgan fingerprint density at radius 1 is 1.24 bits per heavy atom. The maximum absolute atomic E-state index is 13.8. The molecular formula is C17H19BrFNS. The van der Waals surface area contributed by atoms with Crippen LogP contribution in [-0.2, 0) is 0 Å². The second kappa shape index (κ2) is 7.97. The topological polar surface area (TPSA) is 12.0 Å². The highest BCUT2D eigenvalue weighted by Crippen LogP contribution is 2.27. The summed E-state index contributed by atoms with van der Waals surface area (Å²) < 4.78 is 14.8. The van der Waals surface area contributed by atoms with Crippen LogP contribution in [0.3, 0.4) is 0 Å². The van der Waals surface area contributed by atoms with Crippen LogP contribution in [0.25, 0.3) is 0 Å². The predicted molar refractivity (Wildman–Crippen MR) is 92.4 cm³/mol. The number of nitrogens with one attached hydrogen (secondary N) is 1. The lowest BCUT2D eigenvalue weighted by Crippen LogP contribution is -2.23. The number of hydrogen-bond donors (Lipinski definition) is 1. The molecule has 2 aromatic rings. The minimum atomic E-state index is -0.136. The molecule has 0 aliphatic rings. The molecule has 0 aliphatic heterocycles. The van der Waals surface area contributed by atoms with Crippen molar-refractivity contribution in [1.29, 1.82) is 0 Å². The summed E-state index contributed by atoms with van der Waals surface area (Å²) in [5.41, 5.74) is 1.69. The molecule has 0 saturated heterocycles. The molecule has 0 spiro atoms. The van der Waals surface area contributed by atoms with Gasteiger partial charge in [0.25, 0.3) is 0 Å². The number of thioether (sulfide) groups is 1. The largest absolute Gasteiger partial charge is 0.309 e. The van der Waals surface area contributed by atoms with Crippen molar-refractivity contribution in [3.05, 3.63) is 63.9 Å². The van der Waals surface area contributed by atoms with Gasteiger partial charge in [-0.1, -0.05) is 41.1 Å². The summed E-state index contributed by atoms with van der Waals surface area (Å²) in [7, 11) is 0. The first-order valence-electron chi connectivity index (χ1n) is 6.98. The molecular weight excluding hydrogens is 349 g/mol. The van der Waals surface area contributed by atoms with E-state index in [0.717, 1.165) is 22.3 Å². The fourth-order valence-electron chi connectivity index (χ4n) is 2.08. The molecule has 0 fully saturated rings. The van der Waals surface area contributed by atoms with Gasteiger partial charge in [-0.05, 0) is 48.9 Å². The van der Waals surface area contributed by atoms with E-state index in [2.05, 4.69) is 40.3 Å². The van der Waals surface area contributed by atoms with E-state index in [0.29, 0.717) is 5.56 Å². The molecule has 1 unspecified atom stereocenters. The second-order valence-electron chi connectivity index (χ2n) is 4.89.